The maximum atomic E-state index is 3.97. The van der Waals surface area contributed by atoms with E-state index in [0.29, 0.717) is 0 Å². The van der Waals surface area contributed by atoms with E-state index in [1.807, 2.05) is 41.5 Å². The molecule has 4 heteroatoms. The Hall–Kier alpha value is 0.113. The van der Waals surface area contributed by atoms with Crippen LogP contribution in [0, 0.1) is 0 Å². The smallest absolute Gasteiger partial charge is 0.663 e. The second-order valence-corrected chi connectivity index (χ2v) is 4.61. The molecule has 0 aliphatic carbocycles. The van der Waals surface area contributed by atoms with Gasteiger partial charge in [0.15, 0.2) is 0 Å². The molecule has 0 radical (unpaired) electrons. The van der Waals surface area contributed by atoms with Crippen LogP contribution < -0.4 is 0 Å². The Morgan fingerprint density at radius 2 is 0.875 bits per heavy atom. The summed E-state index contributed by atoms with van der Waals surface area (Å²) in [5, 5.41) is 11.9. The van der Waals surface area contributed by atoms with Crippen LogP contribution in [0.1, 0.15) is 60.5 Å². The average molecular weight is 415 g/mol. The molecule has 0 atom stereocenters. The largest absolute Gasteiger partial charge is 4.00 e. The van der Waals surface area contributed by atoms with Crippen LogP contribution >= 0.6 is 0 Å². The number of hydrogen-bond donors (Lipinski definition) is 0. The number of hydrogen-bond acceptors (Lipinski definition) is 0. The predicted molar refractivity (Wildman–Crippen MR) is 109 cm³/mol. The molecule has 0 aliphatic rings. The van der Waals surface area contributed by atoms with Crippen LogP contribution in [0.15, 0.2) is 24.3 Å². The van der Waals surface area contributed by atoms with Gasteiger partial charge in [-0.3, -0.25) is 0 Å². The molecule has 0 unspecified atom stereocenters. The first-order valence-electron chi connectivity index (χ1n) is 9.28. The van der Waals surface area contributed by atoms with Crippen molar-refractivity contribution in [2.75, 3.05) is 39.3 Å². The second kappa shape index (κ2) is 34.4. The zero-order valence-corrected chi connectivity index (χ0v) is 19.8. The molecule has 1 aromatic rings. The minimum absolute atomic E-state index is 0. The summed E-state index contributed by atoms with van der Waals surface area (Å²) in [7, 11) is 0. The summed E-state index contributed by atoms with van der Waals surface area (Å²) < 4.78 is 0. The fourth-order valence-electron chi connectivity index (χ4n) is 1.54. The summed E-state index contributed by atoms with van der Waals surface area (Å²) >= 11 is 0. The van der Waals surface area contributed by atoms with E-state index in [1.54, 1.807) is 0 Å². The normalized spacial score (nSPS) is 8.46. The van der Waals surface area contributed by atoms with Gasteiger partial charge >= 0.3 is 26.2 Å². The average Bonchev–Trinajstić information content (AvgIpc) is 3.05. The summed E-state index contributed by atoms with van der Waals surface area (Å²) in [6.07, 6.45) is 2.48. The van der Waals surface area contributed by atoms with Gasteiger partial charge in [0, 0.05) is 0 Å². The molecule has 0 saturated heterocycles. The van der Waals surface area contributed by atoms with Gasteiger partial charge in [-0.2, -0.15) is 57.0 Å². The van der Waals surface area contributed by atoms with Crippen LogP contribution in [-0.2, 0) is 32.6 Å². The Bertz CT molecular complexity index is 231. The van der Waals surface area contributed by atoms with Crippen molar-refractivity contribution in [3.63, 3.8) is 0 Å². The maximum absolute atomic E-state index is 3.97. The van der Waals surface area contributed by atoms with Gasteiger partial charge in [0.2, 0.25) is 0 Å². The van der Waals surface area contributed by atoms with Crippen molar-refractivity contribution in [2.45, 2.75) is 61.3 Å². The zero-order valence-electron chi connectivity index (χ0n) is 17.3. The Morgan fingerprint density at radius 1 is 0.583 bits per heavy atom. The van der Waals surface area contributed by atoms with Crippen LogP contribution in [0.3, 0.4) is 0 Å². The van der Waals surface area contributed by atoms with Crippen molar-refractivity contribution in [3.05, 3.63) is 45.8 Å². The van der Waals surface area contributed by atoms with E-state index in [0.717, 1.165) is 39.3 Å². The molecule has 0 spiro atoms. The second-order valence-electron chi connectivity index (χ2n) is 4.61. The van der Waals surface area contributed by atoms with Gasteiger partial charge in [-0.1, -0.05) is 61.3 Å². The fraction of sp³-hybridized carbons (Fsp3) is 0.750. The SMILES string of the molecule is CCC[c-]1cccc1.CC[N-]CC.CC[N-]CC.CC[N-]CC.[Zr+4]. The van der Waals surface area contributed by atoms with Gasteiger partial charge in [0.25, 0.3) is 0 Å². The molecule has 0 aromatic heterocycles. The topological polar surface area (TPSA) is 42.3 Å². The first-order chi connectivity index (χ1) is 11.2. The minimum Gasteiger partial charge on any atom is -0.663 e. The van der Waals surface area contributed by atoms with E-state index in [1.165, 1.54) is 18.4 Å². The van der Waals surface area contributed by atoms with Crippen molar-refractivity contribution < 1.29 is 26.2 Å². The van der Waals surface area contributed by atoms with Gasteiger partial charge in [-0.15, -0.1) is 0 Å². The summed E-state index contributed by atoms with van der Waals surface area (Å²) in [4.78, 5) is 0. The van der Waals surface area contributed by atoms with Gasteiger partial charge in [0.1, 0.15) is 0 Å². The summed E-state index contributed by atoms with van der Waals surface area (Å²) in [6.45, 7) is 20.3. The molecule has 0 aliphatic heterocycles. The molecule has 0 N–H and O–H groups in total. The van der Waals surface area contributed by atoms with E-state index < -0.39 is 0 Å². The molecule has 24 heavy (non-hydrogen) atoms. The third kappa shape index (κ3) is 38.0. The Kier molecular flexibility index (Phi) is 45.7. The van der Waals surface area contributed by atoms with Crippen LogP contribution in [0.2, 0.25) is 0 Å². The van der Waals surface area contributed by atoms with Crippen LogP contribution in [0.5, 0.6) is 0 Å². The fourth-order valence-corrected chi connectivity index (χ4v) is 1.54. The number of aryl methyl sites for hydroxylation is 1. The van der Waals surface area contributed by atoms with E-state index in [4.69, 9.17) is 0 Å². The molecule has 0 heterocycles. The number of nitrogens with zero attached hydrogens (tertiary/aromatic N) is 3. The van der Waals surface area contributed by atoms with Gasteiger partial charge in [0.05, 0.1) is 0 Å². The van der Waals surface area contributed by atoms with Crippen LogP contribution in [0.4, 0.5) is 0 Å². The Balaban J connectivity index is -0.000000113. The predicted octanol–water partition coefficient (Wildman–Crippen LogP) is 6.56. The Morgan fingerprint density at radius 3 is 1.04 bits per heavy atom. The van der Waals surface area contributed by atoms with E-state index in [9.17, 15) is 0 Å². The Labute approximate surface area is 172 Å². The first kappa shape index (κ1) is 31.8. The summed E-state index contributed by atoms with van der Waals surface area (Å²) in [5.41, 5.74) is 1.47. The van der Waals surface area contributed by atoms with E-state index in [-0.39, 0.29) is 26.2 Å². The van der Waals surface area contributed by atoms with Crippen molar-refractivity contribution in [2.24, 2.45) is 0 Å². The molecule has 0 bridgehead atoms. The molecule has 140 valence electrons. The third-order valence-corrected chi connectivity index (χ3v) is 2.61. The standard InChI is InChI=1S/C8H11.3C4H10N.Zr/c1-2-5-8-6-3-4-7-8;3*1-3-5-4-2;/h3-4,6-7H,2,5H2,1H3;3*3-4H2,1-2H3;/q4*-1;+4. The molecule has 1 aromatic carbocycles. The molecule has 0 saturated carbocycles. The molecular weight excluding hydrogens is 373 g/mol. The van der Waals surface area contributed by atoms with Crippen LogP contribution in [0.25, 0.3) is 16.0 Å². The van der Waals surface area contributed by atoms with Crippen molar-refractivity contribution in [3.8, 4) is 0 Å². The summed E-state index contributed by atoms with van der Waals surface area (Å²) in [6, 6.07) is 8.52. The number of rotatable bonds is 8. The molecule has 1 rings (SSSR count). The third-order valence-electron chi connectivity index (χ3n) is 2.61. The maximum Gasteiger partial charge on any atom is 4.00 e. The first-order valence-corrected chi connectivity index (χ1v) is 9.28. The van der Waals surface area contributed by atoms with Gasteiger partial charge in [-0.25, -0.2) is 12.1 Å². The molecular formula is C20H41N3Zr. The van der Waals surface area contributed by atoms with Crippen molar-refractivity contribution in [1.29, 1.82) is 0 Å². The molecule has 3 nitrogen and oxygen atoms in total. The van der Waals surface area contributed by atoms with Gasteiger partial charge < -0.3 is 16.0 Å². The molecule has 0 fully saturated rings. The zero-order chi connectivity index (χ0) is 18.2. The minimum atomic E-state index is 0. The van der Waals surface area contributed by atoms with Crippen molar-refractivity contribution >= 4 is 0 Å². The van der Waals surface area contributed by atoms with Crippen molar-refractivity contribution in [1.82, 2.24) is 0 Å². The summed E-state index contributed by atoms with van der Waals surface area (Å²) in [5.74, 6) is 0. The quantitative estimate of drug-likeness (QED) is 0.432. The van der Waals surface area contributed by atoms with E-state index in [2.05, 4.69) is 47.1 Å². The van der Waals surface area contributed by atoms with Crippen LogP contribution in [-0.4, -0.2) is 39.3 Å². The van der Waals surface area contributed by atoms with E-state index >= 15 is 0 Å². The monoisotopic (exact) mass is 413 g/mol. The van der Waals surface area contributed by atoms with Gasteiger partial charge in [-0.05, 0) is 0 Å². The molecule has 0 amide bonds.